The second kappa shape index (κ2) is 8.04. The Bertz CT molecular complexity index is 161. The van der Waals surface area contributed by atoms with E-state index >= 15 is 0 Å². The Morgan fingerprint density at radius 3 is 2.19 bits per heavy atom. The summed E-state index contributed by atoms with van der Waals surface area (Å²) in [4.78, 5) is 0. The molecule has 3 heteroatoms. The maximum absolute atomic E-state index is 5.51. The van der Waals surface area contributed by atoms with Gasteiger partial charge in [-0.05, 0) is 39.5 Å². The monoisotopic (exact) mass is 229 g/mol. The van der Waals surface area contributed by atoms with Crippen LogP contribution in [0.25, 0.3) is 0 Å². The molecule has 3 nitrogen and oxygen atoms in total. The first-order valence-electron chi connectivity index (χ1n) is 6.74. The van der Waals surface area contributed by atoms with Crippen molar-refractivity contribution in [2.75, 3.05) is 19.8 Å². The van der Waals surface area contributed by atoms with E-state index in [1.54, 1.807) is 0 Å². The van der Waals surface area contributed by atoms with Crippen LogP contribution in [-0.2, 0) is 9.47 Å². The van der Waals surface area contributed by atoms with Crippen molar-refractivity contribution in [1.82, 2.24) is 5.32 Å². The molecule has 16 heavy (non-hydrogen) atoms. The van der Waals surface area contributed by atoms with Crippen LogP contribution in [0.5, 0.6) is 0 Å². The molecule has 0 radical (unpaired) electrons. The van der Waals surface area contributed by atoms with Crippen molar-refractivity contribution in [2.24, 2.45) is 5.92 Å². The van der Waals surface area contributed by atoms with Gasteiger partial charge in [-0.3, -0.25) is 0 Å². The molecule has 0 aromatic carbocycles. The second-order valence-corrected chi connectivity index (χ2v) is 4.58. The highest BCUT2D eigenvalue weighted by molar-refractivity contribution is 4.77. The van der Waals surface area contributed by atoms with E-state index < -0.39 is 0 Å². The Labute approximate surface area is 99.9 Å². The second-order valence-electron chi connectivity index (χ2n) is 4.58. The predicted octanol–water partition coefficient (Wildman–Crippen LogP) is 2.55. The minimum Gasteiger partial charge on any atom is -0.352 e. The Balaban J connectivity index is 2.18. The Kier molecular flexibility index (Phi) is 7.01. The van der Waals surface area contributed by atoms with Crippen LogP contribution >= 0.6 is 0 Å². The van der Waals surface area contributed by atoms with Gasteiger partial charge in [-0.2, -0.15) is 0 Å². The molecule has 0 aromatic rings. The first-order chi connectivity index (χ1) is 7.77. The molecule has 0 saturated heterocycles. The summed E-state index contributed by atoms with van der Waals surface area (Å²) in [5, 5.41) is 3.54. The lowest BCUT2D eigenvalue weighted by Gasteiger charge is -2.24. The summed E-state index contributed by atoms with van der Waals surface area (Å²) < 4.78 is 11.0. The Morgan fingerprint density at radius 2 is 1.69 bits per heavy atom. The van der Waals surface area contributed by atoms with E-state index in [-0.39, 0.29) is 6.29 Å². The maximum atomic E-state index is 5.51. The molecule has 1 atom stereocenters. The fourth-order valence-electron chi connectivity index (χ4n) is 2.44. The molecule has 1 N–H and O–H groups in total. The van der Waals surface area contributed by atoms with Gasteiger partial charge in [0.05, 0.1) is 0 Å². The summed E-state index contributed by atoms with van der Waals surface area (Å²) in [6, 6.07) is 0.589. The van der Waals surface area contributed by atoms with Gasteiger partial charge in [0.1, 0.15) is 0 Å². The van der Waals surface area contributed by atoms with E-state index in [9.17, 15) is 0 Å². The smallest absolute Gasteiger partial charge is 0.169 e. The summed E-state index contributed by atoms with van der Waals surface area (Å²) in [6.45, 7) is 8.53. The lowest BCUT2D eigenvalue weighted by atomic mass is 10.00. The quantitative estimate of drug-likeness (QED) is 0.649. The molecule has 0 bridgehead atoms. The van der Waals surface area contributed by atoms with E-state index in [0.717, 1.165) is 12.5 Å². The zero-order valence-corrected chi connectivity index (χ0v) is 11.0. The third-order valence-corrected chi connectivity index (χ3v) is 3.42. The Hall–Kier alpha value is -0.120. The van der Waals surface area contributed by atoms with Gasteiger partial charge in [0.25, 0.3) is 0 Å². The third kappa shape index (κ3) is 4.81. The molecule has 1 rings (SSSR count). The van der Waals surface area contributed by atoms with Gasteiger partial charge < -0.3 is 14.8 Å². The zero-order chi connectivity index (χ0) is 11.8. The molecule has 1 aliphatic carbocycles. The van der Waals surface area contributed by atoms with Crippen LogP contribution in [0.4, 0.5) is 0 Å². The van der Waals surface area contributed by atoms with E-state index in [4.69, 9.17) is 9.47 Å². The first-order valence-corrected chi connectivity index (χ1v) is 6.74. The number of hydrogen-bond donors (Lipinski definition) is 1. The summed E-state index contributed by atoms with van der Waals surface area (Å²) in [7, 11) is 0. The molecule has 0 unspecified atom stereocenters. The molecule has 0 aliphatic heterocycles. The summed E-state index contributed by atoms with van der Waals surface area (Å²) in [6.07, 6.45) is 5.47. The summed E-state index contributed by atoms with van der Waals surface area (Å²) in [5.41, 5.74) is 0. The van der Waals surface area contributed by atoms with Crippen LogP contribution in [0, 0.1) is 5.92 Å². The summed E-state index contributed by atoms with van der Waals surface area (Å²) >= 11 is 0. The highest BCUT2D eigenvalue weighted by Crippen LogP contribution is 2.27. The van der Waals surface area contributed by atoms with E-state index in [0.29, 0.717) is 19.3 Å². The maximum Gasteiger partial charge on any atom is 0.169 e. The van der Waals surface area contributed by atoms with Gasteiger partial charge in [0.2, 0.25) is 0 Å². The molecule has 1 fully saturated rings. The number of rotatable bonds is 8. The number of ether oxygens (including phenoxy) is 2. The molecular weight excluding hydrogens is 202 g/mol. The fourth-order valence-corrected chi connectivity index (χ4v) is 2.44. The minimum absolute atomic E-state index is 0.0844. The lowest BCUT2D eigenvalue weighted by Crippen LogP contribution is -2.39. The van der Waals surface area contributed by atoms with Crippen LogP contribution < -0.4 is 5.32 Å². The molecule has 0 aromatic heterocycles. The van der Waals surface area contributed by atoms with Crippen LogP contribution in [0.2, 0.25) is 0 Å². The molecule has 96 valence electrons. The molecule has 0 spiro atoms. The van der Waals surface area contributed by atoms with E-state index in [1.807, 2.05) is 13.8 Å². The van der Waals surface area contributed by atoms with Gasteiger partial charge in [-0.25, -0.2) is 0 Å². The van der Waals surface area contributed by atoms with Crippen molar-refractivity contribution in [3.63, 3.8) is 0 Å². The topological polar surface area (TPSA) is 30.5 Å². The normalized spacial score (nSPS) is 19.5. The minimum atomic E-state index is -0.0844. The number of nitrogens with one attached hydrogen (secondary N) is 1. The lowest BCUT2D eigenvalue weighted by molar-refractivity contribution is -0.134. The standard InChI is InChI=1S/C13H27NO2/c1-4-15-13(16-5-2)10-14-11(3)12-8-6-7-9-12/h11-14H,4-10H2,1-3H3/t11-/m0/s1. The number of hydrogen-bond acceptors (Lipinski definition) is 3. The van der Waals surface area contributed by atoms with Crippen LogP contribution in [0.1, 0.15) is 46.5 Å². The largest absolute Gasteiger partial charge is 0.352 e. The Morgan fingerprint density at radius 1 is 1.12 bits per heavy atom. The average Bonchev–Trinajstić information content (AvgIpc) is 2.79. The van der Waals surface area contributed by atoms with Crippen LogP contribution in [0.3, 0.4) is 0 Å². The average molecular weight is 229 g/mol. The molecule has 1 aliphatic rings. The first kappa shape index (κ1) is 13.9. The third-order valence-electron chi connectivity index (χ3n) is 3.42. The molecule has 0 amide bonds. The van der Waals surface area contributed by atoms with Gasteiger partial charge in [-0.1, -0.05) is 12.8 Å². The molecule has 1 saturated carbocycles. The van der Waals surface area contributed by atoms with Gasteiger partial charge >= 0.3 is 0 Å². The van der Waals surface area contributed by atoms with Gasteiger partial charge in [0, 0.05) is 25.8 Å². The van der Waals surface area contributed by atoms with Crippen LogP contribution in [0.15, 0.2) is 0 Å². The highest BCUT2D eigenvalue weighted by Gasteiger charge is 2.21. The van der Waals surface area contributed by atoms with Crippen molar-refractivity contribution in [3.05, 3.63) is 0 Å². The van der Waals surface area contributed by atoms with Crippen LogP contribution in [-0.4, -0.2) is 32.1 Å². The molecular formula is C13H27NO2. The van der Waals surface area contributed by atoms with Crippen molar-refractivity contribution in [2.45, 2.75) is 58.8 Å². The zero-order valence-electron chi connectivity index (χ0n) is 11.0. The van der Waals surface area contributed by atoms with Crippen molar-refractivity contribution in [1.29, 1.82) is 0 Å². The molecule has 0 heterocycles. The highest BCUT2D eigenvalue weighted by atomic mass is 16.7. The van der Waals surface area contributed by atoms with Gasteiger partial charge in [0.15, 0.2) is 6.29 Å². The fraction of sp³-hybridized carbons (Fsp3) is 1.00. The van der Waals surface area contributed by atoms with Gasteiger partial charge in [-0.15, -0.1) is 0 Å². The van der Waals surface area contributed by atoms with Crippen molar-refractivity contribution >= 4 is 0 Å². The van der Waals surface area contributed by atoms with Crippen molar-refractivity contribution < 1.29 is 9.47 Å². The SMILES string of the molecule is CCOC(CN[C@@H](C)C1CCCC1)OCC. The summed E-state index contributed by atoms with van der Waals surface area (Å²) in [5.74, 6) is 0.851. The van der Waals surface area contributed by atoms with Crippen molar-refractivity contribution in [3.8, 4) is 0 Å². The predicted molar refractivity (Wildman–Crippen MR) is 66.5 cm³/mol. The van der Waals surface area contributed by atoms with E-state index in [2.05, 4.69) is 12.2 Å². The van der Waals surface area contributed by atoms with E-state index in [1.165, 1.54) is 25.7 Å².